The van der Waals surface area contributed by atoms with E-state index in [0.717, 1.165) is 38.3 Å². The number of nitrogens with one attached hydrogen (secondary N) is 1. The zero-order valence-corrected chi connectivity index (χ0v) is 13.8. The summed E-state index contributed by atoms with van der Waals surface area (Å²) < 4.78 is 5.18. The molecule has 0 saturated carbocycles. The standard InChI is InChI=1S/C17H27N3O3/c1-15(13-21)20-11-9-19(10-12-20)8-7-18-17(22)23-14-16-5-3-2-4-6-16/h2-6,15,21H,7-14H2,1H3,(H,18,22). The lowest BCUT2D eigenvalue weighted by molar-refractivity contribution is 0.0731. The van der Waals surface area contributed by atoms with E-state index < -0.39 is 0 Å². The Kier molecular flexibility index (Phi) is 7.32. The van der Waals surface area contributed by atoms with Gasteiger partial charge < -0.3 is 15.2 Å². The van der Waals surface area contributed by atoms with E-state index in [2.05, 4.69) is 15.1 Å². The van der Waals surface area contributed by atoms with Gasteiger partial charge in [-0.1, -0.05) is 30.3 Å². The first-order valence-corrected chi connectivity index (χ1v) is 8.21. The molecule has 2 N–H and O–H groups in total. The van der Waals surface area contributed by atoms with Gasteiger partial charge in [0.25, 0.3) is 0 Å². The molecule has 1 heterocycles. The van der Waals surface area contributed by atoms with Crippen LogP contribution in [0.4, 0.5) is 4.79 Å². The molecule has 1 unspecified atom stereocenters. The number of piperazine rings is 1. The quantitative estimate of drug-likeness (QED) is 0.781. The third-order valence-corrected chi connectivity index (χ3v) is 4.20. The number of nitrogens with zero attached hydrogens (tertiary/aromatic N) is 2. The molecule has 1 amide bonds. The number of hydrogen-bond acceptors (Lipinski definition) is 5. The first-order valence-electron chi connectivity index (χ1n) is 8.21. The van der Waals surface area contributed by atoms with E-state index in [1.807, 2.05) is 37.3 Å². The number of rotatable bonds is 7. The average Bonchev–Trinajstić information content (AvgIpc) is 2.61. The first-order chi connectivity index (χ1) is 11.2. The molecular formula is C17H27N3O3. The number of amides is 1. The molecule has 6 heteroatoms. The van der Waals surface area contributed by atoms with Gasteiger partial charge in [0.1, 0.15) is 6.61 Å². The number of aliphatic hydroxyl groups excluding tert-OH is 1. The molecule has 1 fully saturated rings. The normalized spacial score (nSPS) is 17.7. The Hall–Kier alpha value is -1.63. The molecule has 23 heavy (non-hydrogen) atoms. The maximum absolute atomic E-state index is 11.7. The fourth-order valence-corrected chi connectivity index (χ4v) is 2.63. The molecule has 0 aliphatic carbocycles. The van der Waals surface area contributed by atoms with E-state index >= 15 is 0 Å². The van der Waals surface area contributed by atoms with Gasteiger partial charge in [0, 0.05) is 45.3 Å². The van der Waals surface area contributed by atoms with Gasteiger partial charge >= 0.3 is 6.09 Å². The van der Waals surface area contributed by atoms with Crippen LogP contribution in [0.5, 0.6) is 0 Å². The molecule has 0 spiro atoms. The van der Waals surface area contributed by atoms with Gasteiger partial charge in [-0.05, 0) is 12.5 Å². The molecule has 1 aliphatic rings. The summed E-state index contributed by atoms with van der Waals surface area (Å²) in [5, 5.41) is 12.0. The van der Waals surface area contributed by atoms with Crippen molar-refractivity contribution in [2.75, 3.05) is 45.9 Å². The van der Waals surface area contributed by atoms with Crippen molar-refractivity contribution < 1.29 is 14.6 Å². The van der Waals surface area contributed by atoms with Crippen molar-refractivity contribution in [2.24, 2.45) is 0 Å². The van der Waals surface area contributed by atoms with Gasteiger partial charge in [0.15, 0.2) is 0 Å². The van der Waals surface area contributed by atoms with E-state index in [1.54, 1.807) is 0 Å². The number of alkyl carbamates (subject to hydrolysis) is 1. The lowest BCUT2D eigenvalue weighted by Gasteiger charge is -2.37. The van der Waals surface area contributed by atoms with Crippen molar-refractivity contribution in [1.82, 2.24) is 15.1 Å². The first kappa shape index (κ1) is 17.7. The van der Waals surface area contributed by atoms with Gasteiger partial charge in [-0.3, -0.25) is 9.80 Å². The van der Waals surface area contributed by atoms with Crippen molar-refractivity contribution in [3.63, 3.8) is 0 Å². The van der Waals surface area contributed by atoms with Crippen LogP contribution < -0.4 is 5.32 Å². The SMILES string of the molecule is CC(CO)N1CCN(CCNC(=O)OCc2ccccc2)CC1. The molecule has 1 saturated heterocycles. The Morgan fingerprint density at radius 3 is 2.61 bits per heavy atom. The van der Waals surface area contributed by atoms with Gasteiger partial charge in [0.2, 0.25) is 0 Å². The van der Waals surface area contributed by atoms with Gasteiger partial charge in [-0.2, -0.15) is 0 Å². The molecular weight excluding hydrogens is 294 g/mol. The highest BCUT2D eigenvalue weighted by Crippen LogP contribution is 2.05. The highest BCUT2D eigenvalue weighted by molar-refractivity contribution is 5.67. The van der Waals surface area contributed by atoms with Crippen molar-refractivity contribution in [2.45, 2.75) is 19.6 Å². The second-order valence-electron chi connectivity index (χ2n) is 5.90. The van der Waals surface area contributed by atoms with Crippen molar-refractivity contribution >= 4 is 6.09 Å². The molecule has 6 nitrogen and oxygen atoms in total. The number of benzene rings is 1. The maximum atomic E-state index is 11.7. The lowest BCUT2D eigenvalue weighted by atomic mass is 10.2. The summed E-state index contributed by atoms with van der Waals surface area (Å²) in [5.74, 6) is 0. The Morgan fingerprint density at radius 1 is 1.26 bits per heavy atom. The predicted molar refractivity (Wildman–Crippen MR) is 89.2 cm³/mol. The third kappa shape index (κ3) is 6.17. The van der Waals surface area contributed by atoms with Crippen LogP contribution in [-0.2, 0) is 11.3 Å². The number of carbonyl (C=O) groups excluding carboxylic acids is 1. The highest BCUT2D eigenvalue weighted by atomic mass is 16.5. The minimum Gasteiger partial charge on any atom is -0.445 e. The molecule has 0 radical (unpaired) electrons. The number of hydrogen-bond donors (Lipinski definition) is 2. The van der Waals surface area contributed by atoms with Gasteiger partial charge in [0.05, 0.1) is 6.61 Å². The molecule has 1 aliphatic heterocycles. The monoisotopic (exact) mass is 321 g/mol. The van der Waals surface area contributed by atoms with Crippen LogP contribution >= 0.6 is 0 Å². The van der Waals surface area contributed by atoms with Crippen molar-refractivity contribution in [3.05, 3.63) is 35.9 Å². The number of aliphatic hydroxyl groups is 1. The molecule has 1 atom stereocenters. The van der Waals surface area contributed by atoms with Gasteiger partial charge in [-0.15, -0.1) is 0 Å². The van der Waals surface area contributed by atoms with E-state index in [0.29, 0.717) is 13.2 Å². The van der Waals surface area contributed by atoms with E-state index in [9.17, 15) is 9.90 Å². The van der Waals surface area contributed by atoms with E-state index in [-0.39, 0.29) is 18.7 Å². The summed E-state index contributed by atoms with van der Waals surface area (Å²) in [7, 11) is 0. The molecule has 1 aromatic rings. The zero-order valence-electron chi connectivity index (χ0n) is 13.8. The van der Waals surface area contributed by atoms with Crippen LogP contribution in [0.15, 0.2) is 30.3 Å². The highest BCUT2D eigenvalue weighted by Gasteiger charge is 2.20. The second-order valence-corrected chi connectivity index (χ2v) is 5.90. The molecule has 1 aromatic carbocycles. The summed E-state index contributed by atoms with van der Waals surface area (Å²) in [6, 6.07) is 9.87. The largest absolute Gasteiger partial charge is 0.445 e. The molecule has 2 rings (SSSR count). The summed E-state index contributed by atoms with van der Waals surface area (Å²) in [6.45, 7) is 7.79. The molecule has 128 valence electrons. The minimum absolute atomic E-state index is 0.203. The minimum atomic E-state index is -0.374. The molecule has 0 aromatic heterocycles. The van der Waals surface area contributed by atoms with Crippen LogP contribution in [0.1, 0.15) is 12.5 Å². The van der Waals surface area contributed by atoms with Crippen molar-refractivity contribution in [1.29, 1.82) is 0 Å². The Labute approximate surface area is 138 Å². The fourth-order valence-electron chi connectivity index (χ4n) is 2.63. The van der Waals surface area contributed by atoms with Crippen LogP contribution in [0, 0.1) is 0 Å². The Bertz CT molecular complexity index is 461. The predicted octanol–water partition coefficient (Wildman–Crippen LogP) is 0.911. The number of carbonyl (C=O) groups is 1. The fraction of sp³-hybridized carbons (Fsp3) is 0.588. The third-order valence-electron chi connectivity index (χ3n) is 4.20. The van der Waals surface area contributed by atoms with Crippen molar-refractivity contribution in [3.8, 4) is 0 Å². The van der Waals surface area contributed by atoms with Crippen LogP contribution in [0.3, 0.4) is 0 Å². The topological polar surface area (TPSA) is 65.0 Å². The van der Waals surface area contributed by atoms with Gasteiger partial charge in [-0.25, -0.2) is 4.79 Å². The zero-order chi connectivity index (χ0) is 16.5. The van der Waals surface area contributed by atoms with Crippen LogP contribution in [-0.4, -0.2) is 72.9 Å². The maximum Gasteiger partial charge on any atom is 0.407 e. The van der Waals surface area contributed by atoms with E-state index in [1.165, 1.54) is 0 Å². The Morgan fingerprint density at radius 2 is 1.96 bits per heavy atom. The smallest absolute Gasteiger partial charge is 0.407 e. The number of ether oxygens (including phenoxy) is 1. The molecule has 0 bridgehead atoms. The average molecular weight is 321 g/mol. The summed E-state index contributed by atoms with van der Waals surface area (Å²) in [4.78, 5) is 16.3. The summed E-state index contributed by atoms with van der Waals surface area (Å²) >= 11 is 0. The Balaban J connectivity index is 1.56. The summed E-state index contributed by atoms with van der Waals surface area (Å²) in [6.07, 6.45) is -0.374. The van der Waals surface area contributed by atoms with Crippen LogP contribution in [0.2, 0.25) is 0 Å². The van der Waals surface area contributed by atoms with Crippen LogP contribution in [0.25, 0.3) is 0 Å². The van der Waals surface area contributed by atoms with E-state index in [4.69, 9.17) is 4.74 Å². The lowest BCUT2D eigenvalue weighted by Crippen LogP contribution is -2.51. The second kappa shape index (κ2) is 9.50. The summed E-state index contributed by atoms with van der Waals surface area (Å²) in [5.41, 5.74) is 0.983.